The first kappa shape index (κ1) is 34.0. The van der Waals surface area contributed by atoms with Crippen LogP contribution in [0.15, 0.2) is 127 Å². The smallest absolute Gasteiger partial charge is 0.407 e. The van der Waals surface area contributed by atoms with Gasteiger partial charge in [0.1, 0.15) is 5.60 Å². The summed E-state index contributed by atoms with van der Waals surface area (Å²) in [5, 5.41) is 8.44. The first-order chi connectivity index (χ1) is 25.1. The van der Waals surface area contributed by atoms with Crippen LogP contribution in [-0.4, -0.2) is 50.8 Å². The maximum absolute atomic E-state index is 14.8. The van der Waals surface area contributed by atoms with E-state index in [4.69, 9.17) is 15.6 Å². The van der Waals surface area contributed by atoms with Crippen molar-refractivity contribution >= 4 is 45.9 Å². The molecule has 1 aliphatic rings. The Morgan fingerprint density at radius 1 is 0.827 bits per heavy atom. The number of benzene rings is 5. The number of fused-ring (bicyclic) bond motifs is 2. The zero-order valence-electron chi connectivity index (χ0n) is 29.3. The fourth-order valence-electron chi connectivity index (χ4n) is 6.64. The van der Waals surface area contributed by atoms with E-state index in [0.29, 0.717) is 52.2 Å². The normalized spacial score (nSPS) is 14.1. The summed E-state index contributed by atoms with van der Waals surface area (Å²) < 4.78 is 7.14. The third kappa shape index (κ3) is 6.96. The van der Waals surface area contributed by atoms with Crippen molar-refractivity contribution in [2.75, 3.05) is 17.2 Å². The summed E-state index contributed by atoms with van der Waals surface area (Å²) in [5.74, 6) is -0.605. The molecule has 0 spiro atoms. The van der Waals surface area contributed by atoms with Crippen LogP contribution in [0, 0.1) is 0 Å². The minimum absolute atomic E-state index is 0.185. The summed E-state index contributed by atoms with van der Waals surface area (Å²) in [6.45, 7) is 5.93. The third-order valence-corrected chi connectivity index (χ3v) is 9.00. The van der Waals surface area contributed by atoms with E-state index in [0.717, 1.165) is 11.1 Å². The molecular formula is C42H40N6O4. The van der Waals surface area contributed by atoms with Crippen molar-refractivity contribution in [3.8, 4) is 5.69 Å². The summed E-state index contributed by atoms with van der Waals surface area (Å²) in [4.78, 5) is 45.5. The van der Waals surface area contributed by atoms with E-state index < -0.39 is 11.7 Å². The summed E-state index contributed by atoms with van der Waals surface area (Å²) in [7, 11) is 0. The highest BCUT2D eigenvalue weighted by Gasteiger charge is 2.33. The molecule has 10 heteroatoms. The van der Waals surface area contributed by atoms with Crippen molar-refractivity contribution in [2.45, 2.75) is 45.4 Å². The van der Waals surface area contributed by atoms with E-state index in [2.05, 4.69) is 5.32 Å². The number of alkyl carbamates (subject to hydrolysis) is 1. The van der Waals surface area contributed by atoms with Crippen LogP contribution in [0.1, 0.15) is 52.7 Å². The molecule has 0 radical (unpaired) electrons. The minimum atomic E-state index is -0.665. The highest BCUT2D eigenvalue weighted by atomic mass is 16.6. The van der Waals surface area contributed by atoms with Gasteiger partial charge < -0.3 is 20.7 Å². The molecule has 5 aromatic carbocycles. The zero-order chi connectivity index (χ0) is 36.4. The number of nitrogens with zero attached hydrogens (tertiary/aromatic N) is 4. The van der Waals surface area contributed by atoms with Crippen molar-refractivity contribution in [1.82, 2.24) is 20.0 Å². The molecule has 0 fully saturated rings. The highest BCUT2D eigenvalue weighted by molar-refractivity contribution is 6.16. The molecule has 0 saturated carbocycles. The predicted octanol–water partition coefficient (Wildman–Crippen LogP) is 7.68. The average Bonchev–Trinajstić information content (AvgIpc) is 3.53. The first-order valence-electron chi connectivity index (χ1n) is 17.2. The maximum Gasteiger partial charge on any atom is 0.407 e. The number of para-hydroxylation sites is 3. The standard InChI is InChI=1S/C42H40N6O4/c1-42(2,3)52-41(51)44-26-33-24-28-14-10-11-15-29(28)27-46(33)39(49)35-25-30(43)22-23-37(35)48-36-21-13-12-20-34(36)38(45-48)40(50)47(31-16-6-4-7-17-31)32-18-8-5-9-19-32/h4-23,25,33H,24,26-27,43H2,1-3H3,(H,44,51)/t33-/m0/s1. The van der Waals surface area contributed by atoms with E-state index in [1.54, 1.807) is 53.5 Å². The second-order valence-corrected chi connectivity index (χ2v) is 13.8. The Morgan fingerprint density at radius 2 is 1.44 bits per heavy atom. The Morgan fingerprint density at radius 3 is 2.12 bits per heavy atom. The van der Waals surface area contributed by atoms with Crippen molar-refractivity contribution in [2.24, 2.45) is 0 Å². The topological polar surface area (TPSA) is 123 Å². The summed E-state index contributed by atoms with van der Waals surface area (Å²) in [5.41, 5.74) is 11.3. The molecule has 3 amide bonds. The van der Waals surface area contributed by atoms with Gasteiger partial charge in [0.2, 0.25) is 0 Å². The number of hydrogen-bond acceptors (Lipinski definition) is 6. The van der Waals surface area contributed by atoms with Crippen molar-refractivity contribution in [1.29, 1.82) is 0 Å². The number of aromatic nitrogens is 2. The van der Waals surface area contributed by atoms with E-state index in [1.165, 1.54) is 0 Å². The number of nitrogens with two attached hydrogens (primary N) is 1. The van der Waals surface area contributed by atoms with Gasteiger partial charge in [-0.1, -0.05) is 78.9 Å². The molecule has 0 bridgehead atoms. The van der Waals surface area contributed by atoms with Gasteiger partial charge in [-0.2, -0.15) is 5.10 Å². The van der Waals surface area contributed by atoms with Gasteiger partial charge in [0.15, 0.2) is 5.69 Å². The second-order valence-electron chi connectivity index (χ2n) is 13.8. The number of amides is 3. The van der Waals surface area contributed by atoms with E-state index in [1.807, 2.05) is 109 Å². The Labute approximate surface area is 302 Å². The van der Waals surface area contributed by atoms with Gasteiger partial charge in [0.25, 0.3) is 11.8 Å². The van der Waals surface area contributed by atoms with Crippen LogP contribution in [0.25, 0.3) is 16.6 Å². The fraction of sp³-hybridized carbons (Fsp3) is 0.190. The minimum Gasteiger partial charge on any atom is -0.444 e. The van der Waals surface area contributed by atoms with Gasteiger partial charge in [0, 0.05) is 35.5 Å². The number of nitrogens with one attached hydrogen (secondary N) is 1. The molecule has 1 aromatic heterocycles. The molecule has 0 aliphatic carbocycles. The van der Waals surface area contributed by atoms with Gasteiger partial charge in [0.05, 0.1) is 22.8 Å². The van der Waals surface area contributed by atoms with E-state index in [9.17, 15) is 14.4 Å². The molecule has 52 heavy (non-hydrogen) atoms. The molecule has 1 atom stereocenters. The number of anilines is 3. The Hall–Kier alpha value is -6.42. The molecule has 10 nitrogen and oxygen atoms in total. The van der Waals surface area contributed by atoms with Gasteiger partial charge in [-0.25, -0.2) is 9.48 Å². The Bertz CT molecular complexity index is 2220. The number of hydrogen-bond donors (Lipinski definition) is 2. The van der Waals surface area contributed by atoms with Crippen LogP contribution in [0.3, 0.4) is 0 Å². The molecule has 2 heterocycles. The fourth-order valence-corrected chi connectivity index (χ4v) is 6.64. The highest BCUT2D eigenvalue weighted by Crippen LogP contribution is 2.33. The van der Waals surface area contributed by atoms with Crippen LogP contribution in [0.2, 0.25) is 0 Å². The van der Waals surface area contributed by atoms with Gasteiger partial charge in [-0.3, -0.25) is 14.5 Å². The molecular weight excluding hydrogens is 652 g/mol. The van der Waals surface area contributed by atoms with Gasteiger partial charge >= 0.3 is 6.09 Å². The number of nitrogen functional groups attached to an aromatic ring is 1. The first-order valence-corrected chi connectivity index (χ1v) is 17.2. The van der Waals surface area contributed by atoms with Crippen molar-refractivity contribution in [3.05, 3.63) is 150 Å². The lowest BCUT2D eigenvalue weighted by atomic mass is 9.93. The van der Waals surface area contributed by atoms with Crippen molar-refractivity contribution in [3.63, 3.8) is 0 Å². The van der Waals surface area contributed by atoms with Gasteiger partial charge in [-0.15, -0.1) is 0 Å². The second kappa shape index (κ2) is 14.1. The molecule has 6 aromatic rings. The number of rotatable bonds is 7. The summed E-state index contributed by atoms with van der Waals surface area (Å²) in [6.07, 6.45) is -0.0169. The monoisotopic (exact) mass is 692 g/mol. The largest absolute Gasteiger partial charge is 0.444 e. The van der Waals surface area contributed by atoms with Crippen LogP contribution in [-0.2, 0) is 17.7 Å². The van der Waals surface area contributed by atoms with Gasteiger partial charge in [-0.05, 0) is 86.8 Å². The van der Waals surface area contributed by atoms with Crippen LogP contribution in [0.4, 0.5) is 21.9 Å². The Kier molecular flexibility index (Phi) is 9.21. The lowest BCUT2D eigenvalue weighted by Crippen LogP contribution is -2.50. The lowest BCUT2D eigenvalue weighted by molar-refractivity contribution is 0.0474. The summed E-state index contributed by atoms with van der Waals surface area (Å²) in [6, 6.07) is 39.1. The van der Waals surface area contributed by atoms with E-state index >= 15 is 0 Å². The SMILES string of the molecule is CC(C)(C)OC(=O)NC[C@@H]1Cc2ccccc2CN1C(=O)c1cc(N)ccc1-n1nc(C(=O)N(c2ccccc2)c2ccccc2)c2ccccc21. The average molecular weight is 693 g/mol. The van der Waals surface area contributed by atoms with Crippen LogP contribution >= 0.6 is 0 Å². The Balaban J connectivity index is 1.30. The lowest BCUT2D eigenvalue weighted by Gasteiger charge is -2.37. The summed E-state index contributed by atoms with van der Waals surface area (Å²) >= 11 is 0. The van der Waals surface area contributed by atoms with Crippen LogP contribution in [0.5, 0.6) is 0 Å². The molecule has 0 unspecified atom stereocenters. The molecule has 1 aliphatic heterocycles. The molecule has 7 rings (SSSR count). The number of ether oxygens (including phenoxy) is 1. The van der Waals surface area contributed by atoms with Crippen molar-refractivity contribution < 1.29 is 19.1 Å². The maximum atomic E-state index is 14.8. The van der Waals surface area contributed by atoms with Crippen LogP contribution < -0.4 is 16.0 Å². The number of carbonyl (C=O) groups is 3. The molecule has 0 saturated heterocycles. The zero-order valence-corrected chi connectivity index (χ0v) is 29.3. The third-order valence-electron chi connectivity index (χ3n) is 9.00. The molecule has 262 valence electrons. The van der Waals surface area contributed by atoms with E-state index in [-0.39, 0.29) is 30.1 Å². The quantitative estimate of drug-likeness (QED) is 0.166. The molecule has 3 N–H and O–H groups in total. The number of carbonyl (C=O) groups excluding carboxylic acids is 3. The predicted molar refractivity (Wildman–Crippen MR) is 203 cm³/mol.